The molecule has 2 saturated heterocycles. The molecule has 0 spiro atoms. The topological polar surface area (TPSA) is 40.5 Å². The molecule has 0 saturated carbocycles. The number of aliphatic hydroxyl groups is 1. The Hall–Kier alpha value is -0.0505. The van der Waals surface area contributed by atoms with Crippen molar-refractivity contribution in [2.45, 2.75) is 36.1 Å². The zero-order chi connectivity index (χ0) is 9.42. The molecule has 0 unspecified atom stereocenters. The van der Waals surface area contributed by atoms with Crippen LogP contribution in [0.2, 0.25) is 5.32 Å². The van der Waals surface area contributed by atoms with Crippen LogP contribution in [0.25, 0.3) is 0 Å². The molecule has 1 N–H and O–H groups in total. The van der Waals surface area contributed by atoms with Gasteiger partial charge in [-0.25, -0.2) is 0 Å². The van der Waals surface area contributed by atoms with E-state index in [1.807, 2.05) is 4.90 Å². The molecular weight excluding hydrogens is 233 g/mol. The third-order valence-corrected chi connectivity index (χ3v) is 5.75. The first-order valence-electron chi connectivity index (χ1n) is 4.82. The van der Waals surface area contributed by atoms with Gasteiger partial charge >= 0.3 is 84.3 Å². The fourth-order valence-electron chi connectivity index (χ4n) is 2.01. The molecule has 3 nitrogen and oxygen atoms in total. The summed E-state index contributed by atoms with van der Waals surface area (Å²) in [6, 6.07) is 0. The third kappa shape index (κ3) is 1.51. The van der Waals surface area contributed by atoms with Gasteiger partial charge in [-0.05, 0) is 0 Å². The van der Waals surface area contributed by atoms with E-state index >= 15 is 0 Å². The molecule has 0 radical (unpaired) electrons. The average molecular weight is 248 g/mol. The molecule has 0 bridgehead atoms. The second-order valence-corrected chi connectivity index (χ2v) is 6.34. The van der Waals surface area contributed by atoms with Gasteiger partial charge in [-0.3, -0.25) is 0 Å². The number of carbonyl (C=O) groups excluding carboxylic acids is 1. The second-order valence-electron chi connectivity index (χ2n) is 3.77. The molecule has 0 aromatic heterocycles. The van der Waals surface area contributed by atoms with Crippen LogP contribution in [0.15, 0.2) is 0 Å². The Bertz CT molecular complexity index is 220. The Morgan fingerprint density at radius 1 is 1.62 bits per heavy atom. The van der Waals surface area contributed by atoms with Crippen LogP contribution in [-0.2, 0) is 4.79 Å². The van der Waals surface area contributed by atoms with Gasteiger partial charge in [0.25, 0.3) is 0 Å². The van der Waals surface area contributed by atoms with Crippen molar-refractivity contribution in [2.24, 2.45) is 5.92 Å². The van der Waals surface area contributed by atoms with Gasteiger partial charge < -0.3 is 0 Å². The van der Waals surface area contributed by atoms with Crippen molar-refractivity contribution in [3.8, 4) is 0 Å². The van der Waals surface area contributed by atoms with Gasteiger partial charge in [-0.15, -0.1) is 0 Å². The van der Waals surface area contributed by atoms with Crippen molar-refractivity contribution >= 4 is 20.9 Å². The van der Waals surface area contributed by atoms with Gasteiger partial charge in [0.05, 0.1) is 0 Å². The number of rotatable bonds is 1. The predicted octanol–water partition coefficient (Wildman–Crippen LogP) is 0.0680. The van der Waals surface area contributed by atoms with E-state index in [1.165, 1.54) is 11.7 Å². The molecule has 2 aliphatic heterocycles. The summed E-state index contributed by atoms with van der Waals surface area (Å²) < 4.78 is 0. The van der Waals surface area contributed by atoms with Crippen molar-refractivity contribution in [1.29, 1.82) is 0 Å². The van der Waals surface area contributed by atoms with Crippen LogP contribution in [-0.4, -0.2) is 48.5 Å². The molecule has 1 amide bonds. The summed E-state index contributed by atoms with van der Waals surface area (Å²) in [5, 5.41) is 10.7. The zero-order valence-corrected chi connectivity index (χ0v) is 9.48. The number of carbonyl (C=O) groups is 1. The number of nitrogens with zero attached hydrogens (tertiary/aromatic N) is 1. The first kappa shape index (κ1) is 9.50. The molecule has 2 heterocycles. The van der Waals surface area contributed by atoms with Crippen LogP contribution in [0.5, 0.6) is 0 Å². The van der Waals surface area contributed by atoms with Crippen molar-refractivity contribution < 1.29 is 9.90 Å². The molecule has 3 atom stereocenters. The monoisotopic (exact) mass is 249 g/mol. The number of hydrogen-bond acceptors (Lipinski definition) is 2. The van der Waals surface area contributed by atoms with Crippen LogP contribution < -0.4 is 0 Å². The van der Waals surface area contributed by atoms with Gasteiger partial charge in [-0.1, -0.05) is 0 Å². The van der Waals surface area contributed by atoms with Gasteiger partial charge in [0, 0.05) is 0 Å². The van der Waals surface area contributed by atoms with Crippen LogP contribution in [0.4, 0.5) is 0 Å². The number of hydrogen-bond donors (Lipinski definition) is 1. The Kier molecular flexibility index (Phi) is 2.63. The van der Waals surface area contributed by atoms with Crippen LogP contribution >= 0.6 is 0 Å². The first-order valence-corrected chi connectivity index (χ1v) is 7.02. The SMILES string of the molecule is C[C@@H](O)[C@H]1C(=O)N2CCCC[Se][C@H]12. The molecule has 0 aromatic rings. The van der Waals surface area contributed by atoms with E-state index in [0.717, 1.165) is 13.0 Å². The molecule has 4 heteroatoms. The molecule has 2 rings (SSSR count). The standard InChI is InChI=1S/C9H15NO2Se/c1-6(11)7-8(12)10-4-2-3-5-13-9(7)10/h6-7,9,11H,2-5H2,1H3/t6-,7+,9-/m1/s1. The molecule has 13 heavy (non-hydrogen) atoms. The summed E-state index contributed by atoms with van der Waals surface area (Å²) in [6.07, 6.45) is 1.96. The number of amides is 1. The molecular formula is C9H15NO2Se. The van der Waals surface area contributed by atoms with Crippen LogP contribution in [0.3, 0.4) is 0 Å². The Morgan fingerprint density at radius 2 is 2.38 bits per heavy atom. The average Bonchev–Trinajstić information content (AvgIpc) is 2.26. The van der Waals surface area contributed by atoms with Crippen molar-refractivity contribution in [3.63, 3.8) is 0 Å². The van der Waals surface area contributed by atoms with E-state index in [2.05, 4.69) is 0 Å². The minimum absolute atomic E-state index is 0.0712. The Balaban J connectivity index is 2.06. The first-order chi connectivity index (χ1) is 6.22. The molecule has 2 fully saturated rings. The summed E-state index contributed by atoms with van der Waals surface area (Å²) in [4.78, 5) is 13.9. The molecule has 0 aromatic carbocycles. The fraction of sp³-hybridized carbons (Fsp3) is 0.889. The maximum absolute atomic E-state index is 11.6. The van der Waals surface area contributed by atoms with Crippen LogP contribution in [0.1, 0.15) is 19.8 Å². The maximum atomic E-state index is 11.6. The summed E-state index contributed by atoms with van der Waals surface area (Å²) in [6.45, 7) is 2.66. The van der Waals surface area contributed by atoms with E-state index in [0.29, 0.717) is 19.9 Å². The van der Waals surface area contributed by atoms with Crippen molar-refractivity contribution in [2.75, 3.05) is 6.54 Å². The fourth-order valence-corrected chi connectivity index (χ4v) is 5.27. The Morgan fingerprint density at radius 3 is 3.08 bits per heavy atom. The molecule has 2 aliphatic rings. The normalized spacial score (nSPS) is 36.2. The van der Waals surface area contributed by atoms with Crippen LogP contribution in [0, 0.1) is 5.92 Å². The number of fused-ring (bicyclic) bond motifs is 1. The van der Waals surface area contributed by atoms with E-state index in [9.17, 15) is 9.90 Å². The minimum atomic E-state index is -0.450. The van der Waals surface area contributed by atoms with E-state index in [-0.39, 0.29) is 11.8 Å². The van der Waals surface area contributed by atoms with E-state index in [4.69, 9.17) is 0 Å². The predicted molar refractivity (Wildman–Crippen MR) is 50.5 cm³/mol. The summed E-state index contributed by atoms with van der Waals surface area (Å²) in [5.74, 6) is 0.113. The zero-order valence-electron chi connectivity index (χ0n) is 7.77. The summed E-state index contributed by atoms with van der Waals surface area (Å²) >= 11 is 0.534. The summed E-state index contributed by atoms with van der Waals surface area (Å²) in [5.41, 5.74) is 0. The Labute approximate surface area is 84.6 Å². The van der Waals surface area contributed by atoms with E-state index < -0.39 is 6.10 Å². The van der Waals surface area contributed by atoms with Gasteiger partial charge in [0.2, 0.25) is 0 Å². The quantitative estimate of drug-likeness (QED) is 0.527. The summed E-state index contributed by atoms with van der Waals surface area (Å²) in [7, 11) is 0. The molecule has 74 valence electrons. The molecule has 0 aliphatic carbocycles. The van der Waals surface area contributed by atoms with Gasteiger partial charge in [0.1, 0.15) is 0 Å². The van der Waals surface area contributed by atoms with Gasteiger partial charge in [-0.2, -0.15) is 0 Å². The van der Waals surface area contributed by atoms with E-state index in [1.54, 1.807) is 6.92 Å². The second kappa shape index (κ2) is 3.60. The van der Waals surface area contributed by atoms with Gasteiger partial charge in [0.15, 0.2) is 0 Å². The van der Waals surface area contributed by atoms with Crippen molar-refractivity contribution in [1.82, 2.24) is 4.90 Å². The number of aliphatic hydroxyl groups excluding tert-OH is 1. The number of β-lactam (4-membered cyclic amide) rings is 1. The third-order valence-electron chi connectivity index (χ3n) is 2.78. The van der Waals surface area contributed by atoms with Crippen molar-refractivity contribution in [3.05, 3.63) is 0 Å².